The minimum absolute atomic E-state index is 0.136. The molecule has 27 heavy (non-hydrogen) atoms. The molecule has 0 saturated carbocycles. The lowest BCUT2D eigenvalue weighted by atomic mass is 9.94. The van der Waals surface area contributed by atoms with Gasteiger partial charge >= 0.3 is 0 Å². The molecule has 13 heteroatoms. The third-order valence-electron chi connectivity index (χ3n) is 3.66. The van der Waals surface area contributed by atoms with E-state index in [1.54, 1.807) is 0 Å². The SMILES string of the molecule is Bc1ccccc1Nc1n[s+]([O-])nc1Nc1csc(S(=O)(=O)N(C)C)c1O. The minimum Gasteiger partial charge on any atom is -0.546 e. The number of para-hydroxylation sites is 1. The minimum atomic E-state index is -3.78. The predicted molar refractivity (Wildman–Crippen MR) is 109 cm³/mol. The number of hydrogen-bond donors (Lipinski definition) is 3. The highest BCUT2D eigenvalue weighted by Gasteiger charge is 2.27. The van der Waals surface area contributed by atoms with E-state index in [0.29, 0.717) is 0 Å². The number of thiophene rings is 1. The van der Waals surface area contributed by atoms with E-state index in [1.807, 2.05) is 32.1 Å². The Labute approximate surface area is 164 Å². The molecule has 1 atom stereocenters. The summed E-state index contributed by atoms with van der Waals surface area (Å²) >= 11 is -0.945. The smallest absolute Gasteiger partial charge is 0.255 e. The Hall–Kier alpha value is -2.19. The summed E-state index contributed by atoms with van der Waals surface area (Å²) in [6, 6.07) is 7.47. The monoisotopic (exact) mass is 425 g/mol. The number of rotatable bonds is 6. The largest absolute Gasteiger partial charge is 0.546 e. The van der Waals surface area contributed by atoms with Gasteiger partial charge in [-0.3, -0.25) is 0 Å². The first-order valence-electron chi connectivity index (χ1n) is 7.62. The fourth-order valence-corrected chi connectivity index (χ4v) is 5.17. The topological polar surface area (TPSA) is 131 Å². The van der Waals surface area contributed by atoms with E-state index in [4.69, 9.17) is 0 Å². The van der Waals surface area contributed by atoms with Crippen molar-refractivity contribution < 1.29 is 18.1 Å². The van der Waals surface area contributed by atoms with Crippen LogP contribution >= 0.6 is 22.5 Å². The molecule has 0 aliphatic carbocycles. The Kier molecular flexibility index (Phi) is 5.39. The van der Waals surface area contributed by atoms with E-state index >= 15 is 0 Å². The molecular formula is C14H16BN5O4S3. The van der Waals surface area contributed by atoms with Crippen LogP contribution in [0.25, 0.3) is 0 Å². The molecule has 0 spiro atoms. The van der Waals surface area contributed by atoms with Gasteiger partial charge in [0.25, 0.3) is 10.0 Å². The van der Waals surface area contributed by atoms with Crippen molar-refractivity contribution in [2.75, 3.05) is 24.7 Å². The summed E-state index contributed by atoms with van der Waals surface area (Å²) in [5, 5.41) is 17.6. The molecule has 1 aromatic carbocycles. The van der Waals surface area contributed by atoms with E-state index < -0.39 is 26.9 Å². The number of aromatic nitrogens is 2. The molecule has 3 N–H and O–H groups in total. The zero-order valence-electron chi connectivity index (χ0n) is 14.6. The molecule has 1 unspecified atom stereocenters. The number of anilines is 4. The molecule has 0 radical (unpaired) electrons. The third-order valence-corrected chi connectivity index (χ3v) is 7.64. The normalized spacial score (nSPS) is 12.4. The molecule has 0 fully saturated rings. The molecule has 0 aliphatic heterocycles. The van der Waals surface area contributed by atoms with Gasteiger partial charge in [-0.05, 0) is 6.07 Å². The van der Waals surface area contributed by atoms with Gasteiger partial charge in [0, 0.05) is 33.9 Å². The maximum Gasteiger partial charge on any atom is 0.255 e. The number of nitrogens with one attached hydrogen (secondary N) is 2. The van der Waals surface area contributed by atoms with Gasteiger partial charge in [0.2, 0.25) is 11.6 Å². The van der Waals surface area contributed by atoms with Crippen molar-refractivity contribution in [1.82, 2.24) is 13.1 Å². The van der Waals surface area contributed by atoms with Crippen LogP contribution in [0, 0.1) is 0 Å². The molecule has 0 bridgehead atoms. The summed E-state index contributed by atoms with van der Waals surface area (Å²) in [5.74, 6) is -0.0620. The average Bonchev–Trinajstić information content (AvgIpc) is 3.13. The number of hydrogen-bond acceptors (Lipinski definition) is 9. The summed E-state index contributed by atoms with van der Waals surface area (Å²) in [6.07, 6.45) is 0. The maximum atomic E-state index is 12.2. The van der Waals surface area contributed by atoms with Crippen LogP contribution in [0.5, 0.6) is 5.75 Å². The van der Waals surface area contributed by atoms with Gasteiger partial charge in [-0.25, -0.2) is 12.7 Å². The van der Waals surface area contributed by atoms with Gasteiger partial charge in [-0.2, -0.15) is 0 Å². The highest BCUT2D eigenvalue weighted by atomic mass is 32.2. The lowest BCUT2D eigenvalue weighted by Crippen LogP contribution is -2.21. The van der Waals surface area contributed by atoms with Gasteiger partial charge in [0.15, 0.2) is 21.1 Å². The van der Waals surface area contributed by atoms with Crippen LogP contribution < -0.4 is 16.1 Å². The molecule has 9 nitrogen and oxygen atoms in total. The van der Waals surface area contributed by atoms with Crippen molar-refractivity contribution in [3.05, 3.63) is 29.6 Å². The Balaban J connectivity index is 1.92. The lowest BCUT2D eigenvalue weighted by Gasteiger charge is -2.10. The van der Waals surface area contributed by atoms with Crippen molar-refractivity contribution >= 4 is 68.8 Å². The second kappa shape index (κ2) is 7.44. The molecular weight excluding hydrogens is 409 g/mol. The Morgan fingerprint density at radius 1 is 1.19 bits per heavy atom. The maximum absolute atomic E-state index is 12.2. The highest BCUT2D eigenvalue weighted by Crippen LogP contribution is 2.41. The van der Waals surface area contributed by atoms with Crippen LogP contribution in [-0.2, 0) is 10.0 Å². The first kappa shape index (κ1) is 19.6. The van der Waals surface area contributed by atoms with Crippen LogP contribution in [0.1, 0.15) is 0 Å². The highest BCUT2D eigenvalue weighted by molar-refractivity contribution is 7.91. The summed E-state index contributed by atoms with van der Waals surface area (Å²) in [5.41, 5.74) is 1.85. The van der Waals surface area contributed by atoms with Gasteiger partial charge in [0.1, 0.15) is 7.85 Å². The second-order valence-electron chi connectivity index (χ2n) is 5.75. The quantitative estimate of drug-likeness (QED) is 0.393. The van der Waals surface area contributed by atoms with E-state index in [2.05, 4.69) is 19.4 Å². The van der Waals surface area contributed by atoms with Crippen molar-refractivity contribution in [2.24, 2.45) is 0 Å². The van der Waals surface area contributed by atoms with Crippen molar-refractivity contribution in [1.29, 1.82) is 0 Å². The third kappa shape index (κ3) is 3.91. The molecule has 0 aliphatic rings. The van der Waals surface area contributed by atoms with Crippen molar-refractivity contribution in [3.8, 4) is 5.75 Å². The van der Waals surface area contributed by atoms with E-state index in [-0.39, 0.29) is 21.5 Å². The first-order chi connectivity index (χ1) is 12.7. The fourth-order valence-electron chi connectivity index (χ4n) is 2.17. The van der Waals surface area contributed by atoms with E-state index in [1.165, 1.54) is 19.5 Å². The molecule has 2 aromatic heterocycles. The predicted octanol–water partition coefficient (Wildman–Crippen LogP) is 0.967. The van der Waals surface area contributed by atoms with Crippen LogP contribution in [-0.4, -0.2) is 53.1 Å². The molecule has 142 valence electrons. The summed E-state index contributed by atoms with van der Waals surface area (Å²) in [4.78, 5) is 0. The van der Waals surface area contributed by atoms with E-state index in [0.717, 1.165) is 26.8 Å². The van der Waals surface area contributed by atoms with Crippen LogP contribution in [0.2, 0.25) is 0 Å². The molecule has 3 rings (SSSR count). The van der Waals surface area contributed by atoms with Crippen LogP contribution in [0.15, 0.2) is 33.9 Å². The fraction of sp³-hybridized carbons (Fsp3) is 0.143. The van der Waals surface area contributed by atoms with Crippen LogP contribution in [0.3, 0.4) is 0 Å². The van der Waals surface area contributed by atoms with Gasteiger partial charge < -0.3 is 20.3 Å². The molecule has 0 saturated heterocycles. The van der Waals surface area contributed by atoms with E-state index in [9.17, 15) is 18.1 Å². The zero-order valence-corrected chi connectivity index (χ0v) is 17.1. The molecule has 3 aromatic rings. The molecule has 2 heterocycles. The number of nitrogens with zero attached hydrogens (tertiary/aromatic N) is 3. The Morgan fingerprint density at radius 2 is 1.78 bits per heavy atom. The second-order valence-corrected chi connectivity index (χ2v) is 9.80. The summed E-state index contributed by atoms with van der Waals surface area (Å²) in [7, 11) is 0.878. The number of sulfonamides is 1. The Bertz CT molecular complexity index is 1080. The lowest BCUT2D eigenvalue weighted by molar-refractivity contribution is 0.460. The molecule has 0 amide bonds. The average molecular weight is 425 g/mol. The first-order valence-corrected chi connectivity index (χ1v) is 11.0. The van der Waals surface area contributed by atoms with Gasteiger partial charge in [-0.15, -0.1) is 11.3 Å². The Morgan fingerprint density at radius 3 is 2.37 bits per heavy atom. The van der Waals surface area contributed by atoms with Crippen molar-refractivity contribution in [2.45, 2.75) is 4.21 Å². The summed E-state index contributed by atoms with van der Waals surface area (Å²) < 4.78 is 44.8. The number of aromatic hydroxyl groups is 1. The standard InChI is InChI=1S/C14H16BN5O4S3/c1-20(2)27(23,24)14-11(21)10(7-25-14)17-13-12(18-26(22)19-13)16-9-6-4-3-5-8(9)15/h3-7,21H,15H2,1-2H3,(H,16,18)(H,17,19). The van der Waals surface area contributed by atoms with Gasteiger partial charge in [0.05, 0.1) is 5.69 Å². The van der Waals surface area contributed by atoms with Gasteiger partial charge in [-0.1, -0.05) is 23.7 Å². The number of benzene rings is 1. The zero-order chi connectivity index (χ0) is 19.8. The summed E-state index contributed by atoms with van der Waals surface area (Å²) in [6.45, 7) is 0. The van der Waals surface area contributed by atoms with Crippen molar-refractivity contribution in [3.63, 3.8) is 0 Å². The van der Waals surface area contributed by atoms with Crippen LogP contribution in [0.4, 0.5) is 23.0 Å².